The van der Waals surface area contributed by atoms with Crippen molar-refractivity contribution < 1.29 is 29.0 Å². The summed E-state index contributed by atoms with van der Waals surface area (Å²) in [6.45, 7) is 18.5. The molecule has 1 aliphatic heterocycles. The summed E-state index contributed by atoms with van der Waals surface area (Å²) < 4.78 is 16.6. The van der Waals surface area contributed by atoms with Crippen LogP contribution in [0.5, 0.6) is 0 Å². The van der Waals surface area contributed by atoms with Gasteiger partial charge in [0.15, 0.2) is 0 Å². The van der Waals surface area contributed by atoms with Gasteiger partial charge in [0.05, 0.1) is 42.2 Å². The molecule has 450 valence electrons. The van der Waals surface area contributed by atoms with E-state index in [1.54, 1.807) is 21.9 Å². The van der Waals surface area contributed by atoms with Crippen LogP contribution in [0.2, 0.25) is 0 Å². The van der Waals surface area contributed by atoms with Crippen LogP contribution in [0.1, 0.15) is 117 Å². The summed E-state index contributed by atoms with van der Waals surface area (Å²) in [5, 5.41) is 10.6. The van der Waals surface area contributed by atoms with E-state index in [4.69, 9.17) is 25.2 Å². The fourth-order valence-corrected chi connectivity index (χ4v) is 11.3. The van der Waals surface area contributed by atoms with Gasteiger partial charge >= 0.3 is 6.09 Å². The van der Waals surface area contributed by atoms with Gasteiger partial charge < -0.3 is 39.2 Å². The first kappa shape index (κ1) is 62.6. The Balaban J connectivity index is 0.000000217. The van der Waals surface area contributed by atoms with Crippen LogP contribution in [0.25, 0.3) is 22.5 Å². The molecular weight excluding hydrogens is 1080 g/mol. The minimum Gasteiger partial charge on any atom is -0.444 e. The van der Waals surface area contributed by atoms with Crippen LogP contribution >= 0.6 is 0 Å². The number of aliphatic hydroxyl groups is 1. The lowest BCUT2D eigenvalue weighted by atomic mass is 9.84. The van der Waals surface area contributed by atoms with Gasteiger partial charge in [0, 0.05) is 67.4 Å². The Morgan fingerprint density at radius 1 is 0.575 bits per heavy atom. The third kappa shape index (κ3) is 15.9. The smallest absolute Gasteiger partial charge is 0.412 e. The normalized spacial score (nSPS) is 14.9. The summed E-state index contributed by atoms with van der Waals surface area (Å²) >= 11 is 0. The number of imidazole rings is 2. The monoisotopic (exact) mass is 1170 g/mol. The van der Waals surface area contributed by atoms with E-state index in [1.165, 1.54) is 0 Å². The molecule has 14 nitrogen and oxygen atoms in total. The summed E-state index contributed by atoms with van der Waals surface area (Å²) in [6.07, 6.45) is 2.35. The van der Waals surface area contributed by atoms with Crippen LogP contribution in [0.3, 0.4) is 0 Å². The van der Waals surface area contributed by atoms with Crippen molar-refractivity contribution in [2.75, 3.05) is 26.2 Å². The molecule has 1 aliphatic rings. The summed E-state index contributed by atoms with van der Waals surface area (Å²) in [5.74, 6) is 1.25. The van der Waals surface area contributed by atoms with E-state index in [0.717, 1.165) is 50.9 Å². The second-order valence-corrected chi connectivity index (χ2v) is 24.8. The van der Waals surface area contributed by atoms with Crippen molar-refractivity contribution in [2.24, 2.45) is 16.6 Å². The molecule has 0 saturated carbocycles. The van der Waals surface area contributed by atoms with Gasteiger partial charge in [0.1, 0.15) is 24.0 Å². The summed E-state index contributed by atoms with van der Waals surface area (Å²) in [4.78, 5) is 57.7. The van der Waals surface area contributed by atoms with E-state index in [-0.39, 0.29) is 44.6 Å². The number of carbonyl (C=O) groups excluding carboxylic acids is 3. The zero-order valence-corrected chi connectivity index (χ0v) is 51.3. The van der Waals surface area contributed by atoms with Crippen LogP contribution in [-0.4, -0.2) is 101 Å². The van der Waals surface area contributed by atoms with Gasteiger partial charge in [-0.25, -0.2) is 14.8 Å². The second kappa shape index (κ2) is 28.0. The van der Waals surface area contributed by atoms with E-state index >= 15 is 0 Å². The number of amides is 3. The molecule has 3 heterocycles. The molecule has 9 aromatic rings. The number of ether oxygens (including phenoxy) is 2. The van der Waals surface area contributed by atoms with E-state index in [0.29, 0.717) is 24.2 Å². The average Bonchev–Trinajstić information content (AvgIpc) is 1.96. The van der Waals surface area contributed by atoms with Crippen LogP contribution in [0.4, 0.5) is 4.79 Å². The SMILES string of the molecule is CC(C)(C)[C@H](c1nc(-c2ccccc2)cn1Cc1ccccc1)N(C[C@@H](O)CN)C(=O)c1ccccc1.CC(C)(C)[C@H](c1nc(-c2ccccc2)cn1Cc1ccccc1)N(C[C@@H]1CN(C(=O)OCc2ccccc2)C(C)(C)O1)C(=O)c1ccccc1. The molecule has 87 heavy (non-hydrogen) atoms. The van der Waals surface area contributed by atoms with Crippen molar-refractivity contribution in [3.8, 4) is 22.5 Å². The number of hydrogen-bond acceptors (Lipinski definition) is 9. The molecule has 0 spiro atoms. The molecule has 3 amide bonds. The predicted molar refractivity (Wildman–Crippen MR) is 343 cm³/mol. The van der Waals surface area contributed by atoms with Gasteiger partial charge in [-0.05, 0) is 65.6 Å². The molecule has 7 aromatic carbocycles. The Labute approximate surface area is 512 Å². The quantitative estimate of drug-likeness (QED) is 0.0803. The standard InChI is InChI=1S/C42H46N4O4.C31H36N4O2/c1-41(2,3)37(38-43-36(33-22-14-8-15-23-33)29-44(38)26-31-18-10-6-11-19-31)45(39(47)34-24-16-9-17-25-34)27-35-28-46(42(4,5)50-35)40(48)49-30-32-20-12-7-13-21-32;1-31(2,3)28(35(21-26(36)19-32)30(37)25-17-11-6-12-18-25)29-33-27(24-15-9-5-10-16-24)22-34(29)20-23-13-7-4-8-14-23/h6-25,29,35,37H,26-28,30H2,1-5H3;4-18,22,26,28,36H,19-21,32H2,1-3H3/t35-,37+;26-,28-/m10/s1. The topological polar surface area (TPSA) is 161 Å². The zero-order valence-electron chi connectivity index (χ0n) is 51.3. The fraction of sp³-hybridized carbons (Fsp3) is 0.301. The van der Waals surface area contributed by atoms with Crippen molar-refractivity contribution in [1.82, 2.24) is 33.8 Å². The first-order chi connectivity index (χ1) is 41.8. The Bertz CT molecular complexity index is 3630. The molecule has 0 aliphatic carbocycles. The highest BCUT2D eigenvalue weighted by molar-refractivity contribution is 5.95. The minimum absolute atomic E-state index is 0.0587. The Morgan fingerprint density at radius 3 is 1.34 bits per heavy atom. The highest BCUT2D eigenvalue weighted by Gasteiger charge is 2.47. The maximum absolute atomic E-state index is 14.7. The van der Waals surface area contributed by atoms with Crippen molar-refractivity contribution in [3.05, 3.63) is 264 Å². The third-order valence-electron chi connectivity index (χ3n) is 15.5. The lowest BCUT2D eigenvalue weighted by molar-refractivity contribution is -0.0786. The summed E-state index contributed by atoms with van der Waals surface area (Å²) in [7, 11) is 0. The van der Waals surface area contributed by atoms with E-state index < -0.39 is 46.9 Å². The molecule has 1 fully saturated rings. The summed E-state index contributed by atoms with van der Waals surface area (Å²) in [5.41, 5.74) is 12.0. The first-order valence-corrected chi connectivity index (χ1v) is 29.9. The number of nitrogens with two attached hydrogens (primary N) is 1. The first-order valence-electron chi connectivity index (χ1n) is 29.9. The highest BCUT2D eigenvalue weighted by atomic mass is 16.6. The van der Waals surface area contributed by atoms with Crippen molar-refractivity contribution in [2.45, 2.75) is 105 Å². The third-order valence-corrected chi connectivity index (χ3v) is 15.5. The number of nitrogens with zero attached hydrogens (tertiary/aromatic N) is 7. The Kier molecular flexibility index (Phi) is 20.2. The predicted octanol–water partition coefficient (Wildman–Crippen LogP) is 13.7. The molecule has 0 unspecified atom stereocenters. The number of hydrogen-bond donors (Lipinski definition) is 2. The maximum Gasteiger partial charge on any atom is 0.412 e. The van der Waals surface area contributed by atoms with Crippen LogP contribution in [0.15, 0.2) is 225 Å². The number of rotatable bonds is 19. The molecule has 3 N–H and O–H groups in total. The number of aromatic nitrogens is 4. The van der Waals surface area contributed by atoms with Gasteiger partial charge in [0.25, 0.3) is 11.8 Å². The number of benzene rings is 7. The van der Waals surface area contributed by atoms with Gasteiger partial charge in [-0.1, -0.05) is 230 Å². The lowest BCUT2D eigenvalue weighted by Crippen LogP contribution is -2.47. The Hall–Kier alpha value is -8.95. The average molecular weight is 1170 g/mol. The molecule has 0 bridgehead atoms. The van der Waals surface area contributed by atoms with E-state index in [9.17, 15) is 19.5 Å². The highest BCUT2D eigenvalue weighted by Crippen LogP contribution is 2.43. The zero-order chi connectivity index (χ0) is 61.7. The molecule has 2 aromatic heterocycles. The van der Waals surface area contributed by atoms with Crippen LogP contribution in [0, 0.1) is 10.8 Å². The molecular formula is C73H82N8O6. The lowest BCUT2D eigenvalue weighted by Gasteiger charge is -2.41. The van der Waals surface area contributed by atoms with Gasteiger partial charge in [-0.3, -0.25) is 14.5 Å². The van der Waals surface area contributed by atoms with Crippen molar-refractivity contribution in [1.29, 1.82) is 0 Å². The van der Waals surface area contributed by atoms with Gasteiger partial charge in [-0.15, -0.1) is 0 Å². The largest absolute Gasteiger partial charge is 0.444 e. The van der Waals surface area contributed by atoms with Gasteiger partial charge in [-0.2, -0.15) is 0 Å². The molecule has 4 atom stereocenters. The van der Waals surface area contributed by atoms with E-state index in [2.05, 4.69) is 99.5 Å². The fourth-order valence-electron chi connectivity index (χ4n) is 11.3. The number of aliphatic hydroxyl groups excluding tert-OH is 1. The van der Waals surface area contributed by atoms with Crippen molar-refractivity contribution >= 4 is 17.9 Å². The Morgan fingerprint density at radius 2 is 0.943 bits per heavy atom. The summed E-state index contributed by atoms with van der Waals surface area (Å²) in [6, 6.07) is 67.9. The number of carbonyl (C=O) groups is 3. The molecule has 14 heteroatoms. The molecule has 0 radical (unpaired) electrons. The van der Waals surface area contributed by atoms with Crippen molar-refractivity contribution in [3.63, 3.8) is 0 Å². The maximum atomic E-state index is 14.7. The van der Waals surface area contributed by atoms with Crippen LogP contribution in [-0.2, 0) is 29.2 Å². The van der Waals surface area contributed by atoms with Crippen LogP contribution < -0.4 is 5.73 Å². The minimum atomic E-state index is -0.941. The van der Waals surface area contributed by atoms with Gasteiger partial charge in [0.2, 0.25) is 0 Å². The van der Waals surface area contributed by atoms with E-state index in [1.807, 2.05) is 183 Å². The molecule has 10 rings (SSSR count). The molecule has 1 saturated heterocycles. The second-order valence-electron chi connectivity index (χ2n) is 24.8.